The highest BCUT2D eigenvalue weighted by molar-refractivity contribution is 6.33. The maximum atomic E-state index is 14.1. The van der Waals surface area contributed by atoms with E-state index in [1.807, 2.05) is 24.3 Å². The number of anilines is 2. The van der Waals surface area contributed by atoms with Crippen molar-refractivity contribution >= 4 is 70.9 Å². The Kier molecular flexibility index (Phi) is 21.5. The number of alkyl halides is 3. The number of carboxylic acids is 4. The van der Waals surface area contributed by atoms with Gasteiger partial charge in [-0.15, -0.1) is 0 Å². The summed E-state index contributed by atoms with van der Waals surface area (Å²) in [4.78, 5) is 100. The lowest BCUT2D eigenvalue weighted by Gasteiger charge is -2.43. The number of urea groups is 1. The Hall–Kier alpha value is -6.92. The number of para-hydroxylation sites is 1. The van der Waals surface area contributed by atoms with Crippen LogP contribution in [0.15, 0.2) is 60.7 Å². The van der Waals surface area contributed by atoms with E-state index in [2.05, 4.69) is 15.1 Å². The van der Waals surface area contributed by atoms with Gasteiger partial charge in [-0.3, -0.25) is 19.4 Å². The third kappa shape index (κ3) is 18.1. The number of carbonyl (C=O) groups excluding carboxylic acids is 4. The summed E-state index contributed by atoms with van der Waals surface area (Å²) in [5, 5.41) is 33.9. The first-order chi connectivity index (χ1) is 33.6. The number of rotatable bonds is 13. The number of nitrogen functional groups attached to an aromatic ring is 1. The number of fused-ring (bicyclic) bond motifs is 1. The average Bonchev–Trinajstić information content (AvgIpc) is 3.49. The standard InChI is InChI=1S/C38H49ClF3N7O6.2C4H4O4/c1-2-54-33(50)24-45-12-8-27(9-13-45)46-17-19-47(20-18-46)35(51)32(23-25-21-29(38(40,41)42)34(43)30(39)22-25)55-37(53)48-14-10-28(11-15-48)49-16-7-26-5-3-4-6-31(26)44-36(49)52;2*5-3(6)1-2-4(7)8/h3-6,21-22,27-28,32H,2,7-20,23-24,43H2,1H3,(H,44,52);2*1-2H,(H,5,6)(H,7,8)/b;2*2-1+/t32-;;/m1../s1. The molecule has 4 amide bonds. The van der Waals surface area contributed by atoms with E-state index in [9.17, 15) is 51.5 Å². The smallest absolute Gasteiger partial charge is 0.418 e. The minimum absolute atomic E-state index is 0.0535. The Labute approximate surface area is 411 Å². The molecule has 3 saturated heterocycles. The van der Waals surface area contributed by atoms with Crippen LogP contribution in [0.1, 0.15) is 49.3 Å². The zero-order chi connectivity index (χ0) is 52.4. The summed E-state index contributed by atoms with van der Waals surface area (Å²) in [6.07, 6.45) is -1.67. The molecule has 0 radical (unpaired) electrons. The Morgan fingerprint density at radius 3 is 1.87 bits per heavy atom. The van der Waals surface area contributed by atoms with Crippen LogP contribution in [0.25, 0.3) is 0 Å². The number of benzene rings is 2. The van der Waals surface area contributed by atoms with Gasteiger partial charge >= 0.3 is 48.1 Å². The van der Waals surface area contributed by atoms with Crippen LogP contribution in [0.4, 0.5) is 34.1 Å². The van der Waals surface area contributed by atoms with Gasteiger partial charge in [0.15, 0.2) is 6.10 Å². The molecular weight excluding hydrogens is 967 g/mol. The van der Waals surface area contributed by atoms with E-state index >= 15 is 0 Å². The Morgan fingerprint density at radius 1 is 0.789 bits per heavy atom. The van der Waals surface area contributed by atoms with Crippen molar-refractivity contribution < 1.29 is 81.4 Å². The Morgan fingerprint density at radius 2 is 1.34 bits per heavy atom. The number of halogens is 4. The number of hydrogen-bond donors (Lipinski definition) is 6. The van der Waals surface area contributed by atoms with Crippen LogP contribution < -0.4 is 11.1 Å². The van der Waals surface area contributed by atoms with Gasteiger partial charge in [0.2, 0.25) is 0 Å². The number of piperazine rings is 1. The highest BCUT2D eigenvalue weighted by atomic mass is 35.5. The first kappa shape index (κ1) is 56.7. The van der Waals surface area contributed by atoms with Crippen molar-refractivity contribution in [1.82, 2.24) is 24.5 Å². The van der Waals surface area contributed by atoms with E-state index in [0.29, 0.717) is 82.9 Å². The quantitative estimate of drug-likeness (QED) is 0.0934. The molecule has 0 unspecified atom stereocenters. The monoisotopic (exact) mass is 1020 g/mol. The van der Waals surface area contributed by atoms with Gasteiger partial charge in [0.25, 0.3) is 5.91 Å². The van der Waals surface area contributed by atoms with Crippen LogP contribution in [0.3, 0.4) is 0 Å². The second-order valence-electron chi connectivity index (χ2n) is 16.6. The molecule has 0 spiro atoms. The number of esters is 1. The van der Waals surface area contributed by atoms with Crippen LogP contribution in [0.5, 0.6) is 0 Å². The minimum atomic E-state index is -4.79. The maximum absolute atomic E-state index is 14.1. The van der Waals surface area contributed by atoms with Gasteiger partial charge in [-0.2, -0.15) is 13.2 Å². The van der Waals surface area contributed by atoms with Gasteiger partial charge in [-0.25, -0.2) is 28.8 Å². The zero-order valence-corrected chi connectivity index (χ0v) is 39.5. The summed E-state index contributed by atoms with van der Waals surface area (Å²) in [5.41, 5.74) is 5.81. The number of nitrogens with two attached hydrogens (primary N) is 1. The fourth-order valence-electron chi connectivity index (χ4n) is 8.34. The molecule has 25 heteroatoms. The predicted octanol–water partition coefficient (Wildman–Crippen LogP) is 4.14. The van der Waals surface area contributed by atoms with Crippen molar-refractivity contribution in [3.05, 3.63) is 82.4 Å². The molecule has 0 aromatic heterocycles. The van der Waals surface area contributed by atoms with Crippen LogP contribution in [0, 0.1) is 0 Å². The number of carboxylic acid groups (broad SMARTS) is 4. The lowest BCUT2D eigenvalue weighted by atomic mass is 10.0. The molecule has 7 N–H and O–H groups in total. The number of hydrogen-bond acceptors (Lipinski definition) is 13. The molecule has 0 aliphatic carbocycles. The third-order valence-corrected chi connectivity index (χ3v) is 12.1. The summed E-state index contributed by atoms with van der Waals surface area (Å²) in [5.74, 6) is -5.77. The van der Waals surface area contributed by atoms with Crippen LogP contribution >= 0.6 is 11.6 Å². The van der Waals surface area contributed by atoms with Crippen LogP contribution in [0.2, 0.25) is 5.02 Å². The number of ether oxygens (including phenoxy) is 2. The SMILES string of the molecule is CCOC(=O)CN1CCC(N2CCN(C(=O)[C@@H](Cc3cc(Cl)c(N)c(C(F)(F)F)c3)OC(=O)N3CCC(N4CCc5ccccc5NC4=O)CC3)CC2)CC1.O=C(O)/C=C/C(=O)O.O=C(O)/C=C/C(=O)O. The van der Waals surface area contributed by atoms with Crippen molar-refractivity contribution in [3.8, 4) is 0 Å². The van der Waals surface area contributed by atoms with Crippen LogP contribution in [-0.4, -0.2) is 183 Å². The topological polar surface area (TPSA) is 290 Å². The van der Waals surface area contributed by atoms with Gasteiger partial charge < -0.3 is 55.7 Å². The lowest BCUT2D eigenvalue weighted by Crippen LogP contribution is -2.57. The molecule has 71 heavy (non-hydrogen) atoms. The molecule has 1 atom stereocenters. The predicted molar refractivity (Wildman–Crippen MR) is 248 cm³/mol. The molecule has 6 rings (SSSR count). The number of carbonyl (C=O) groups is 8. The summed E-state index contributed by atoms with van der Waals surface area (Å²) in [6, 6.07) is 9.74. The van der Waals surface area contributed by atoms with E-state index in [0.717, 1.165) is 43.2 Å². The Balaban J connectivity index is 0.000000588. The lowest BCUT2D eigenvalue weighted by molar-refractivity contribution is -0.145. The Bertz CT molecular complexity index is 2230. The largest absolute Gasteiger partial charge is 0.478 e. The van der Waals surface area contributed by atoms with Gasteiger partial charge in [0.1, 0.15) is 0 Å². The fraction of sp³-hybridized carbons (Fsp3) is 0.478. The van der Waals surface area contributed by atoms with E-state index < -0.39 is 59.4 Å². The second kappa shape index (κ2) is 26.9. The van der Waals surface area contributed by atoms with Gasteiger partial charge in [0, 0.05) is 107 Å². The average molecular weight is 1020 g/mol. The zero-order valence-electron chi connectivity index (χ0n) is 38.7. The molecule has 2 aromatic carbocycles. The number of aliphatic carboxylic acids is 4. The molecule has 0 bridgehead atoms. The fourth-order valence-corrected chi connectivity index (χ4v) is 8.58. The van der Waals surface area contributed by atoms with Gasteiger partial charge in [-0.1, -0.05) is 29.8 Å². The van der Waals surface area contributed by atoms with Crippen molar-refractivity contribution in [2.24, 2.45) is 0 Å². The van der Waals surface area contributed by atoms with E-state index in [1.54, 1.807) is 16.7 Å². The highest BCUT2D eigenvalue weighted by Gasteiger charge is 2.38. The second-order valence-corrected chi connectivity index (χ2v) is 17.0. The number of likely N-dealkylation sites (tertiary alicyclic amines) is 2. The summed E-state index contributed by atoms with van der Waals surface area (Å²) in [7, 11) is 0. The molecule has 4 aliphatic heterocycles. The summed E-state index contributed by atoms with van der Waals surface area (Å²) >= 11 is 6.13. The van der Waals surface area contributed by atoms with E-state index in [1.165, 1.54) is 11.0 Å². The summed E-state index contributed by atoms with van der Waals surface area (Å²) < 4.78 is 52.5. The van der Waals surface area contributed by atoms with Crippen LogP contribution in [-0.2, 0) is 57.3 Å². The van der Waals surface area contributed by atoms with Gasteiger partial charge in [0.05, 0.1) is 29.4 Å². The first-order valence-corrected chi connectivity index (χ1v) is 22.9. The van der Waals surface area contributed by atoms with Crippen molar-refractivity contribution in [1.29, 1.82) is 0 Å². The molecule has 4 heterocycles. The number of nitrogens with one attached hydrogen (secondary N) is 1. The molecule has 4 aliphatic rings. The van der Waals surface area contributed by atoms with Crippen molar-refractivity contribution in [3.63, 3.8) is 0 Å². The normalized spacial score (nSPS) is 17.6. The minimum Gasteiger partial charge on any atom is -0.478 e. The van der Waals surface area contributed by atoms with Crippen molar-refractivity contribution in [2.45, 2.75) is 69.8 Å². The molecule has 21 nitrogen and oxygen atoms in total. The van der Waals surface area contributed by atoms with Gasteiger partial charge in [-0.05, 0) is 68.4 Å². The molecular formula is C46H57ClF3N7O14. The highest BCUT2D eigenvalue weighted by Crippen LogP contribution is 2.38. The summed E-state index contributed by atoms with van der Waals surface area (Å²) in [6.45, 7) is 6.79. The maximum Gasteiger partial charge on any atom is 0.418 e. The molecule has 388 valence electrons. The van der Waals surface area contributed by atoms with E-state index in [-0.39, 0.29) is 60.7 Å². The third-order valence-electron chi connectivity index (χ3n) is 11.8. The number of amides is 4. The molecule has 2 aromatic rings. The van der Waals surface area contributed by atoms with E-state index in [4.69, 9.17) is 47.2 Å². The number of nitrogens with zero attached hydrogens (tertiary/aromatic N) is 5. The number of piperidine rings is 2. The molecule has 3 fully saturated rings. The molecule has 0 saturated carbocycles. The van der Waals surface area contributed by atoms with Crippen molar-refractivity contribution in [2.75, 3.05) is 83.1 Å². The first-order valence-electron chi connectivity index (χ1n) is 22.5.